The van der Waals surface area contributed by atoms with Crippen molar-refractivity contribution in [2.24, 2.45) is 0 Å². The molecule has 0 aliphatic carbocycles. The largest absolute Gasteiger partial charge is 0.382 e. The molecule has 0 atom stereocenters. The van der Waals surface area contributed by atoms with E-state index in [1.165, 1.54) is 30.5 Å². The number of Topliss-reactive ketones (excluding diaryl/α,β-unsaturated/α-hetero) is 1. The quantitative estimate of drug-likeness (QED) is 0.442. The summed E-state index contributed by atoms with van der Waals surface area (Å²) in [4.78, 5) is 13.4. The van der Waals surface area contributed by atoms with Crippen LogP contribution in [0.4, 0.5) is 4.39 Å². The maximum Gasteiger partial charge on any atom is 0.205 e. The Morgan fingerprint density at radius 1 is 1.38 bits per heavy atom. The second-order valence-corrected chi connectivity index (χ2v) is 3.45. The van der Waals surface area contributed by atoms with Crippen LogP contribution in [0.5, 0.6) is 0 Å². The van der Waals surface area contributed by atoms with E-state index in [0.717, 1.165) is 0 Å². The molecule has 0 aromatic heterocycles. The lowest BCUT2D eigenvalue weighted by molar-refractivity contribution is 0.103. The van der Waals surface area contributed by atoms with Gasteiger partial charge in [0.25, 0.3) is 0 Å². The number of halogens is 1. The highest BCUT2D eigenvalue weighted by atomic mass is 19.1. The molecule has 1 aromatic rings. The number of hydrogen-bond donors (Lipinski definition) is 0. The van der Waals surface area contributed by atoms with Crippen LogP contribution in [0.2, 0.25) is 0 Å². The maximum absolute atomic E-state index is 12.6. The third-order valence-electron chi connectivity index (χ3n) is 1.86. The van der Waals surface area contributed by atoms with Crippen molar-refractivity contribution in [2.45, 2.75) is 0 Å². The number of benzene rings is 1. The predicted molar refractivity (Wildman–Crippen MR) is 58.1 cm³/mol. The molecular weight excluding hydrogens is 207 g/mol. The Balaban J connectivity index is 3.02. The van der Waals surface area contributed by atoms with Gasteiger partial charge in [0.2, 0.25) is 5.78 Å². The van der Waals surface area contributed by atoms with Gasteiger partial charge in [0.1, 0.15) is 17.5 Å². The van der Waals surface area contributed by atoms with Gasteiger partial charge >= 0.3 is 0 Å². The average Bonchev–Trinajstić information content (AvgIpc) is 2.25. The monoisotopic (exact) mass is 218 g/mol. The number of ketones is 1. The second kappa shape index (κ2) is 5.08. The number of nitriles is 1. The lowest BCUT2D eigenvalue weighted by atomic mass is 10.1. The Bertz CT molecular complexity index is 455. The Morgan fingerprint density at radius 2 is 1.94 bits per heavy atom. The van der Waals surface area contributed by atoms with E-state index in [1.807, 2.05) is 6.07 Å². The molecule has 0 amide bonds. The molecule has 82 valence electrons. The fourth-order valence-electron chi connectivity index (χ4n) is 1.15. The van der Waals surface area contributed by atoms with Gasteiger partial charge in [-0.3, -0.25) is 4.79 Å². The van der Waals surface area contributed by atoms with Crippen molar-refractivity contribution in [2.75, 3.05) is 14.1 Å². The van der Waals surface area contributed by atoms with Crippen LogP contribution in [0.15, 0.2) is 36.0 Å². The Hall–Kier alpha value is -2.15. The Kier molecular flexibility index (Phi) is 3.78. The van der Waals surface area contributed by atoms with Gasteiger partial charge in [-0.25, -0.2) is 4.39 Å². The number of hydrogen-bond acceptors (Lipinski definition) is 3. The van der Waals surface area contributed by atoms with Crippen molar-refractivity contribution >= 4 is 5.78 Å². The van der Waals surface area contributed by atoms with Crippen LogP contribution in [0, 0.1) is 17.1 Å². The van der Waals surface area contributed by atoms with E-state index in [9.17, 15) is 9.18 Å². The minimum Gasteiger partial charge on any atom is -0.382 e. The van der Waals surface area contributed by atoms with Crippen molar-refractivity contribution in [3.05, 3.63) is 47.4 Å². The standard InChI is InChI=1S/C12H11FN2O/c1-15(2)8-10(7-14)12(16)9-3-5-11(13)6-4-9/h3-6,8H,1-2H3/b10-8-. The van der Waals surface area contributed by atoms with Crippen LogP contribution in [0.1, 0.15) is 10.4 Å². The van der Waals surface area contributed by atoms with Gasteiger partial charge in [0.15, 0.2) is 0 Å². The summed E-state index contributed by atoms with van der Waals surface area (Å²) in [5.41, 5.74) is 0.327. The van der Waals surface area contributed by atoms with Gasteiger partial charge in [-0.1, -0.05) is 0 Å². The van der Waals surface area contributed by atoms with Crippen molar-refractivity contribution in [1.29, 1.82) is 5.26 Å². The molecule has 0 heterocycles. The van der Waals surface area contributed by atoms with Crippen molar-refractivity contribution in [1.82, 2.24) is 4.90 Å². The van der Waals surface area contributed by atoms with Crippen LogP contribution in [0.3, 0.4) is 0 Å². The van der Waals surface area contributed by atoms with E-state index in [-0.39, 0.29) is 5.57 Å². The summed E-state index contributed by atoms with van der Waals surface area (Å²) >= 11 is 0. The van der Waals surface area contributed by atoms with Crippen molar-refractivity contribution < 1.29 is 9.18 Å². The highest BCUT2D eigenvalue weighted by Crippen LogP contribution is 2.09. The molecule has 0 bridgehead atoms. The summed E-state index contributed by atoms with van der Waals surface area (Å²) in [5, 5.41) is 8.82. The lowest BCUT2D eigenvalue weighted by Crippen LogP contribution is -2.08. The molecule has 0 saturated heterocycles. The van der Waals surface area contributed by atoms with Gasteiger partial charge in [0.05, 0.1) is 0 Å². The van der Waals surface area contributed by atoms with Gasteiger partial charge in [-0.05, 0) is 24.3 Å². The molecule has 1 aromatic carbocycles. The summed E-state index contributed by atoms with van der Waals surface area (Å²) in [6.45, 7) is 0. The first kappa shape index (κ1) is 11.9. The van der Waals surface area contributed by atoms with E-state index in [1.54, 1.807) is 19.0 Å². The van der Waals surface area contributed by atoms with E-state index < -0.39 is 11.6 Å². The molecule has 16 heavy (non-hydrogen) atoms. The first-order valence-corrected chi connectivity index (χ1v) is 4.63. The smallest absolute Gasteiger partial charge is 0.205 e. The number of nitrogens with zero attached hydrogens (tertiary/aromatic N) is 2. The number of carbonyl (C=O) groups excluding carboxylic acids is 1. The number of carbonyl (C=O) groups is 1. The molecule has 0 aliphatic rings. The first-order valence-electron chi connectivity index (χ1n) is 4.63. The zero-order valence-corrected chi connectivity index (χ0v) is 9.07. The zero-order valence-electron chi connectivity index (χ0n) is 9.07. The fraction of sp³-hybridized carbons (Fsp3) is 0.167. The summed E-state index contributed by atoms with van der Waals surface area (Å²) in [6.07, 6.45) is 1.44. The molecular formula is C12H11FN2O. The highest BCUT2D eigenvalue weighted by Gasteiger charge is 2.12. The second-order valence-electron chi connectivity index (χ2n) is 3.45. The molecule has 0 saturated carbocycles. The summed E-state index contributed by atoms with van der Waals surface area (Å²) in [5.74, 6) is -0.817. The molecule has 0 unspecified atom stereocenters. The molecule has 0 fully saturated rings. The molecule has 3 nitrogen and oxygen atoms in total. The van der Waals surface area contributed by atoms with Crippen LogP contribution in [-0.2, 0) is 0 Å². The van der Waals surface area contributed by atoms with Crippen molar-refractivity contribution in [3.63, 3.8) is 0 Å². The van der Waals surface area contributed by atoms with Gasteiger partial charge in [-0.2, -0.15) is 5.26 Å². The van der Waals surface area contributed by atoms with E-state index in [4.69, 9.17) is 5.26 Å². The fourth-order valence-corrected chi connectivity index (χ4v) is 1.15. The van der Waals surface area contributed by atoms with Crippen LogP contribution >= 0.6 is 0 Å². The maximum atomic E-state index is 12.6. The zero-order chi connectivity index (χ0) is 12.1. The van der Waals surface area contributed by atoms with Crippen LogP contribution in [0.25, 0.3) is 0 Å². The molecule has 0 aliphatic heterocycles. The average molecular weight is 218 g/mol. The lowest BCUT2D eigenvalue weighted by Gasteiger charge is -2.05. The number of allylic oxidation sites excluding steroid dienone is 1. The van der Waals surface area contributed by atoms with E-state index >= 15 is 0 Å². The normalized spacial score (nSPS) is 10.8. The predicted octanol–water partition coefficient (Wildman–Crippen LogP) is 1.98. The third-order valence-corrected chi connectivity index (χ3v) is 1.86. The molecule has 4 heteroatoms. The molecule has 0 radical (unpaired) electrons. The molecule has 1 rings (SSSR count). The minimum absolute atomic E-state index is 0.0246. The van der Waals surface area contributed by atoms with E-state index in [2.05, 4.69) is 0 Å². The van der Waals surface area contributed by atoms with Gasteiger partial charge in [0, 0.05) is 25.9 Å². The van der Waals surface area contributed by atoms with Crippen LogP contribution in [-0.4, -0.2) is 24.8 Å². The minimum atomic E-state index is -0.411. The Morgan fingerprint density at radius 3 is 2.38 bits per heavy atom. The van der Waals surface area contributed by atoms with E-state index in [0.29, 0.717) is 5.56 Å². The Labute approximate surface area is 93.4 Å². The summed E-state index contributed by atoms with van der Waals surface area (Å²) in [6, 6.07) is 6.93. The first-order chi connectivity index (χ1) is 7.54. The number of rotatable bonds is 3. The molecule has 0 N–H and O–H groups in total. The summed E-state index contributed by atoms with van der Waals surface area (Å²) < 4.78 is 12.6. The summed E-state index contributed by atoms with van der Waals surface area (Å²) in [7, 11) is 3.44. The third kappa shape index (κ3) is 2.92. The van der Waals surface area contributed by atoms with Gasteiger partial charge < -0.3 is 4.90 Å². The highest BCUT2D eigenvalue weighted by molar-refractivity contribution is 6.11. The molecule has 0 spiro atoms. The van der Waals surface area contributed by atoms with Crippen LogP contribution < -0.4 is 0 Å². The topological polar surface area (TPSA) is 44.1 Å². The van der Waals surface area contributed by atoms with Gasteiger partial charge in [-0.15, -0.1) is 0 Å². The van der Waals surface area contributed by atoms with Crippen molar-refractivity contribution in [3.8, 4) is 6.07 Å². The SMILES string of the molecule is CN(C)/C=C(/C#N)C(=O)c1ccc(F)cc1.